The first-order chi connectivity index (χ1) is 12.6. The van der Waals surface area contributed by atoms with Gasteiger partial charge in [-0.3, -0.25) is 4.79 Å². The molecule has 1 aliphatic rings. The van der Waals surface area contributed by atoms with Crippen LogP contribution in [0.2, 0.25) is 0 Å². The molecule has 4 rings (SSSR count). The van der Waals surface area contributed by atoms with E-state index in [1.807, 2.05) is 30.3 Å². The summed E-state index contributed by atoms with van der Waals surface area (Å²) in [6.45, 7) is 0.107. The van der Waals surface area contributed by atoms with Gasteiger partial charge in [0.05, 0.1) is 12.1 Å². The molecule has 0 saturated heterocycles. The number of hydrogen-bond acceptors (Lipinski definition) is 7. The van der Waals surface area contributed by atoms with Gasteiger partial charge in [-0.15, -0.1) is 12.4 Å². The van der Waals surface area contributed by atoms with Gasteiger partial charge in [-0.05, 0) is 12.8 Å². The van der Waals surface area contributed by atoms with E-state index in [-0.39, 0.29) is 30.6 Å². The first-order valence-corrected chi connectivity index (χ1v) is 8.56. The van der Waals surface area contributed by atoms with E-state index in [1.54, 1.807) is 6.07 Å². The zero-order valence-electron chi connectivity index (χ0n) is 14.6. The Hall–Kier alpha value is -2.71. The summed E-state index contributed by atoms with van der Waals surface area (Å²) in [5.41, 5.74) is 6.83. The number of halogens is 1. The molecule has 0 aliphatic heterocycles. The maximum absolute atomic E-state index is 12.2. The third kappa shape index (κ3) is 4.01. The van der Waals surface area contributed by atoms with E-state index in [0.717, 1.165) is 31.2 Å². The minimum atomic E-state index is -0.511. The second kappa shape index (κ2) is 7.89. The summed E-state index contributed by atoms with van der Waals surface area (Å²) in [5.74, 6) is 0.977. The number of nitrogens with one attached hydrogen (secondary N) is 1. The molecule has 27 heavy (non-hydrogen) atoms. The third-order valence-corrected chi connectivity index (χ3v) is 4.61. The smallest absolute Gasteiger partial charge is 0.273 e. The molecule has 2 aromatic heterocycles. The summed E-state index contributed by atoms with van der Waals surface area (Å²) >= 11 is 0. The van der Waals surface area contributed by atoms with E-state index < -0.39 is 5.54 Å². The van der Waals surface area contributed by atoms with Gasteiger partial charge in [-0.2, -0.15) is 4.98 Å². The highest BCUT2D eigenvalue weighted by Crippen LogP contribution is 2.34. The SMILES string of the molecule is Cl.NC1(c2noc(CNC(=O)c3cc(-c4ccccc4)on3)n2)CCCC1. The number of rotatable bonds is 5. The second-order valence-corrected chi connectivity index (χ2v) is 6.50. The number of nitrogens with two attached hydrogens (primary N) is 1. The lowest BCUT2D eigenvalue weighted by Crippen LogP contribution is -2.34. The minimum Gasteiger partial charge on any atom is -0.355 e. The van der Waals surface area contributed by atoms with Crippen LogP contribution in [0.4, 0.5) is 0 Å². The Labute approximate surface area is 161 Å². The van der Waals surface area contributed by atoms with Crippen molar-refractivity contribution in [2.45, 2.75) is 37.8 Å². The molecule has 8 nitrogen and oxygen atoms in total. The second-order valence-electron chi connectivity index (χ2n) is 6.50. The summed E-state index contributed by atoms with van der Waals surface area (Å²) in [6, 6.07) is 11.0. The Morgan fingerprint density at radius 1 is 1.15 bits per heavy atom. The summed E-state index contributed by atoms with van der Waals surface area (Å²) in [7, 11) is 0. The van der Waals surface area contributed by atoms with Gasteiger partial charge in [0.2, 0.25) is 5.89 Å². The van der Waals surface area contributed by atoms with Gasteiger partial charge in [0, 0.05) is 11.6 Å². The van der Waals surface area contributed by atoms with Crippen molar-refractivity contribution in [3.05, 3.63) is 53.8 Å². The first kappa shape index (κ1) is 19.1. The standard InChI is InChI=1S/C18H19N5O3.ClH/c19-18(8-4-5-9-18)17-21-15(26-23-17)11-20-16(24)13-10-14(25-22-13)12-6-2-1-3-7-12;/h1-3,6-7,10H,4-5,8-9,11,19H2,(H,20,24);1H. The molecule has 0 spiro atoms. The summed E-state index contributed by atoms with van der Waals surface area (Å²) in [4.78, 5) is 16.6. The van der Waals surface area contributed by atoms with Crippen LogP contribution in [0.15, 0.2) is 45.4 Å². The van der Waals surface area contributed by atoms with Crippen molar-refractivity contribution in [2.24, 2.45) is 5.73 Å². The van der Waals surface area contributed by atoms with Crippen LogP contribution in [0, 0.1) is 0 Å². The molecule has 3 N–H and O–H groups in total. The normalized spacial score (nSPS) is 15.3. The van der Waals surface area contributed by atoms with Crippen molar-refractivity contribution < 1.29 is 13.8 Å². The molecule has 2 heterocycles. The summed E-state index contributed by atoms with van der Waals surface area (Å²) < 4.78 is 10.4. The fraction of sp³-hybridized carbons (Fsp3) is 0.333. The molecule has 0 bridgehead atoms. The van der Waals surface area contributed by atoms with Gasteiger partial charge in [-0.1, -0.05) is 53.5 Å². The Balaban J connectivity index is 0.00000210. The molecule has 142 valence electrons. The van der Waals surface area contributed by atoms with Gasteiger partial charge in [0.1, 0.15) is 0 Å². The van der Waals surface area contributed by atoms with Crippen LogP contribution in [0.3, 0.4) is 0 Å². The molecule has 0 radical (unpaired) electrons. The Bertz CT molecular complexity index is 903. The number of nitrogens with zero attached hydrogens (tertiary/aromatic N) is 3. The van der Waals surface area contributed by atoms with E-state index in [0.29, 0.717) is 17.5 Å². The highest BCUT2D eigenvalue weighted by atomic mass is 35.5. The zero-order chi connectivity index (χ0) is 18.0. The molecular formula is C18H20ClN5O3. The van der Waals surface area contributed by atoms with E-state index in [4.69, 9.17) is 14.8 Å². The fourth-order valence-electron chi connectivity index (χ4n) is 3.13. The van der Waals surface area contributed by atoms with Crippen molar-refractivity contribution in [3.8, 4) is 11.3 Å². The highest BCUT2D eigenvalue weighted by molar-refractivity contribution is 5.92. The van der Waals surface area contributed by atoms with E-state index in [9.17, 15) is 4.79 Å². The van der Waals surface area contributed by atoms with Crippen molar-refractivity contribution in [1.82, 2.24) is 20.6 Å². The molecule has 9 heteroatoms. The number of benzene rings is 1. The summed E-state index contributed by atoms with van der Waals surface area (Å²) in [5, 5.41) is 10.5. The van der Waals surface area contributed by atoms with Crippen LogP contribution < -0.4 is 11.1 Å². The molecule has 1 amide bonds. The van der Waals surface area contributed by atoms with Crippen LogP contribution in [0.25, 0.3) is 11.3 Å². The number of hydrogen-bond donors (Lipinski definition) is 2. The molecule has 1 aliphatic carbocycles. The fourth-order valence-corrected chi connectivity index (χ4v) is 3.13. The van der Waals surface area contributed by atoms with Crippen LogP contribution in [0.1, 0.15) is 47.9 Å². The number of carbonyl (C=O) groups excluding carboxylic acids is 1. The predicted molar refractivity (Wildman–Crippen MR) is 99.0 cm³/mol. The zero-order valence-corrected chi connectivity index (χ0v) is 15.4. The Morgan fingerprint density at radius 3 is 2.63 bits per heavy atom. The number of amides is 1. The molecular weight excluding hydrogens is 370 g/mol. The minimum absolute atomic E-state index is 0. The monoisotopic (exact) mass is 389 g/mol. The van der Waals surface area contributed by atoms with Gasteiger partial charge in [0.15, 0.2) is 17.3 Å². The molecule has 0 unspecified atom stereocenters. The highest BCUT2D eigenvalue weighted by Gasteiger charge is 2.35. The maximum Gasteiger partial charge on any atom is 0.273 e. The largest absolute Gasteiger partial charge is 0.355 e. The molecule has 3 aromatic rings. The molecule has 1 saturated carbocycles. The summed E-state index contributed by atoms with van der Waals surface area (Å²) in [6.07, 6.45) is 3.82. The van der Waals surface area contributed by atoms with Crippen LogP contribution in [0.5, 0.6) is 0 Å². The van der Waals surface area contributed by atoms with Crippen molar-refractivity contribution in [2.75, 3.05) is 0 Å². The van der Waals surface area contributed by atoms with Crippen LogP contribution in [-0.2, 0) is 12.1 Å². The van der Waals surface area contributed by atoms with Gasteiger partial charge >= 0.3 is 0 Å². The molecule has 0 atom stereocenters. The van der Waals surface area contributed by atoms with Crippen LogP contribution >= 0.6 is 12.4 Å². The lowest BCUT2D eigenvalue weighted by atomic mass is 9.99. The first-order valence-electron chi connectivity index (χ1n) is 8.56. The van der Waals surface area contributed by atoms with Crippen molar-refractivity contribution in [1.29, 1.82) is 0 Å². The average Bonchev–Trinajstić information content (AvgIpc) is 3.41. The Kier molecular flexibility index (Phi) is 5.57. The quantitative estimate of drug-likeness (QED) is 0.688. The van der Waals surface area contributed by atoms with Gasteiger partial charge in [-0.25, -0.2) is 0 Å². The van der Waals surface area contributed by atoms with Crippen molar-refractivity contribution in [3.63, 3.8) is 0 Å². The van der Waals surface area contributed by atoms with Crippen LogP contribution in [-0.4, -0.2) is 21.2 Å². The lowest BCUT2D eigenvalue weighted by Gasteiger charge is -2.17. The number of aromatic nitrogens is 3. The predicted octanol–water partition coefficient (Wildman–Crippen LogP) is 2.80. The maximum atomic E-state index is 12.2. The van der Waals surface area contributed by atoms with E-state index in [2.05, 4.69) is 20.6 Å². The van der Waals surface area contributed by atoms with E-state index in [1.165, 1.54) is 0 Å². The van der Waals surface area contributed by atoms with Gasteiger partial charge in [0.25, 0.3) is 5.91 Å². The lowest BCUT2D eigenvalue weighted by molar-refractivity contribution is 0.0937. The third-order valence-electron chi connectivity index (χ3n) is 4.61. The molecule has 1 aromatic carbocycles. The van der Waals surface area contributed by atoms with E-state index >= 15 is 0 Å². The molecule has 1 fully saturated rings. The van der Waals surface area contributed by atoms with Crippen molar-refractivity contribution >= 4 is 18.3 Å². The topological polar surface area (TPSA) is 120 Å². The average molecular weight is 390 g/mol. The van der Waals surface area contributed by atoms with Gasteiger partial charge < -0.3 is 20.1 Å². The number of carbonyl (C=O) groups is 1. The Morgan fingerprint density at radius 2 is 1.89 bits per heavy atom.